The van der Waals surface area contributed by atoms with Crippen LogP contribution in [0.5, 0.6) is 0 Å². The van der Waals surface area contributed by atoms with E-state index in [0.717, 1.165) is 11.3 Å². The number of hydrogen-bond donors (Lipinski definition) is 0. The lowest BCUT2D eigenvalue weighted by molar-refractivity contribution is -0.384. The molecule has 0 N–H and O–H groups in total. The van der Waals surface area contributed by atoms with Crippen molar-refractivity contribution in [3.05, 3.63) is 69.8 Å². The average Bonchev–Trinajstić information content (AvgIpc) is 3.10. The molecule has 26 heavy (non-hydrogen) atoms. The highest BCUT2D eigenvalue weighted by molar-refractivity contribution is 7.99. The highest BCUT2D eigenvalue weighted by Crippen LogP contribution is 2.35. The smallest absolute Gasteiger partial charge is 0.258 e. The molecule has 0 bridgehead atoms. The van der Waals surface area contributed by atoms with Crippen molar-refractivity contribution >= 4 is 17.4 Å². The fourth-order valence-electron chi connectivity index (χ4n) is 2.53. The first kappa shape index (κ1) is 18.1. The molecule has 0 aliphatic rings. The average molecular weight is 369 g/mol. The molecule has 134 valence electrons. The van der Waals surface area contributed by atoms with Crippen LogP contribution in [-0.4, -0.2) is 25.1 Å². The molecule has 3 rings (SSSR count). The molecule has 2 aromatic carbocycles. The molecule has 0 amide bonds. The monoisotopic (exact) mass is 369 g/mol. The molecule has 0 saturated heterocycles. The lowest BCUT2D eigenvalue weighted by Gasteiger charge is -2.12. The zero-order valence-electron chi connectivity index (χ0n) is 14.7. The largest absolute Gasteiger partial charge is 0.269 e. The summed E-state index contributed by atoms with van der Waals surface area (Å²) in [7, 11) is 0. The van der Waals surface area contributed by atoms with Gasteiger partial charge in [-0.3, -0.25) is 10.1 Å². The van der Waals surface area contributed by atoms with E-state index >= 15 is 0 Å². The number of tetrazole rings is 1. The first-order valence-corrected chi connectivity index (χ1v) is 9.13. The number of thioether (sulfide) groups is 1. The van der Waals surface area contributed by atoms with E-state index in [2.05, 4.69) is 41.5 Å². The van der Waals surface area contributed by atoms with Gasteiger partial charge in [0.1, 0.15) is 0 Å². The lowest BCUT2D eigenvalue weighted by Crippen LogP contribution is -2.01. The zero-order valence-corrected chi connectivity index (χ0v) is 15.6. The van der Waals surface area contributed by atoms with Crippen molar-refractivity contribution in [2.75, 3.05) is 0 Å². The van der Waals surface area contributed by atoms with Crippen LogP contribution in [0.1, 0.15) is 43.1 Å². The van der Waals surface area contributed by atoms with E-state index in [4.69, 9.17) is 0 Å². The van der Waals surface area contributed by atoms with Gasteiger partial charge in [0, 0.05) is 17.4 Å². The van der Waals surface area contributed by atoms with Crippen LogP contribution in [0.25, 0.3) is 5.69 Å². The quantitative estimate of drug-likeness (QED) is 0.360. The normalized spacial score (nSPS) is 12.3. The summed E-state index contributed by atoms with van der Waals surface area (Å²) in [6, 6.07) is 14.8. The molecule has 0 aliphatic heterocycles. The Morgan fingerprint density at radius 3 is 2.46 bits per heavy atom. The zero-order chi connectivity index (χ0) is 18.7. The van der Waals surface area contributed by atoms with E-state index in [1.54, 1.807) is 16.8 Å². The minimum Gasteiger partial charge on any atom is -0.258 e. The molecular formula is C18H19N5O2S. The second kappa shape index (κ2) is 7.65. The summed E-state index contributed by atoms with van der Waals surface area (Å²) in [4.78, 5) is 10.6. The Morgan fingerprint density at radius 2 is 1.81 bits per heavy atom. The molecule has 0 fully saturated rings. The number of nitro groups is 1. The minimum absolute atomic E-state index is 0.0328. The molecule has 1 atom stereocenters. The van der Waals surface area contributed by atoms with Crippen LogP contribution in [-0.2, 0) is 0 Å². The van der Waals surface area contributed by atoms with Crippen LogP contribution in [0.3, 0.4) is 0 Å². The number of non-ortho nitro benzene ring substituents is 1. The summed E-state index contributed by atoms with van der Waals surface area (Å²) >= 11 is 1.46. The fraction of sp³-hybridized carbons (Fsp3) is 0.278. The van der Waals surface area contributed by atoms with Crippen LogP contribution in [0, 0.1) is 10.1 Å². The van der Waals surface area contributed by atoms with Gasteiger partial charge in [-0.05, 0) is 46.5 Å². The maximum Gasteiger partial charge on any atom is 0.269 e. The number of nitro benzene ring substituents is 1. The first-order chi connectivity index (χ1) is 12.5. The molecule has 0 aliphatic carbocycles. The van der Waals surface area contributed by atoms with Crippen LogP contribution < -0.4 is 0 Å². The van der Waals surface area contributed by atoms with Gasteiger partial charge in [0.2, 0.25) is 5.16 Å². The number of rotatable bonds is 6. The predicted molar refractivity (Wildman–Crippen MR) is 101 cm³/mol. The Balaban J connectivity index is 1.82. The van der Waals surface area contributed by atoms with Gasteiger partial charge < -0.3 is 0 Å². The van der Waals surface area contributed by atoms with Gasteiger partial charge in [0.25, 0.3) is 5.69 Å². The molecule has 0 saturated carbocycles. The van der Waals surface area contributed by atoms with E-state index in [1.165, 1.54) is 23.4 Å². The van der Waals surface area contributed by atoms with Gasteiger partial charge in [-0.1, -0.05) is 49.9 Å². The lowest BCUT2D eigenvalue weighted by atomic mass is 10.0. The number of nitrogens with zero attached hydrogens (tertiary/aromatic N) is 5. The van der Waals surface area contributed by atoms with Gasteiger partial charge in [0.05, 0.1) is 10.6 Å². The Labute approximate surface area is 155 Å². The van der Waals surface area contributed by atoms with Crippen molar-refractivity contribution in [1.29, 1.82) is 0 Å². The Hall–Kier alpha value is -2.74. The van der Waals surface area contributed by atoms with Gasteiger partial charge >= 0.3 is 0 Å². The predicted octanol–water partition coefficient (Wildman–Crippen LogP) is 4.55. The first-order valence-electron chi connectivity index (χ1n) is 8.25. The summed E-state index contributed by atoms with van der Waals surface area (Å²) < 4.78 is 1.68. The summed E-state index contributed by atoms with van der Waals surface area (Å²) in [6.07, 6.45) is 0. The van der Waals surface area contributed by atoms with Crippen molar-refractivity contribution in [1.82, 2.24) is 20.2 Å². The molecule has 7 nitrogen and oxygen atoms in total. The molecule has 0 spiro atoms. The number of aromatic nitrogens is 4. The maximum absolute atomic E-state index is 11.0. The summed E-state index contributed by atoms with van der Waals surface area (Å²) in [5.41, 5.74) is 3.07. The van der Waals surface area contributed by atoms with Gasteiger partial charge in [-0.25, -0.2) is 0 Å². The standard InChI is InChI=1S/C18H19N5O2S/c1-12(2)14-7-9-16(10-8-14)22-18(19-20-21-22)26-13(3)15-5-4-6-17(11-15)23(24)25/h4-13H,1-3H3/t13-/m0/s1. The Morgan fingerprint density at radius 1 is 1.08 bits per heavy atom. The number of benzene rings is 2. The van der Waals surface area contributed by atoms with Crippen molar-refractivity contribution in [3.63, 3.8) is 0 Å². The van der Waals surface area contributed by atoms with E-state index < -0.39 is 0 Å². The Bertz CT molecular complexity index is 908. The third-order valence-electron chi connectivity index (χ3n) is 4.08. The maximum atomic E-state index is 11.0. The van der Waals surface area contributed by atoms with Crippen molar-refractivity contribution < 1.29 is 4.92 Å². The molecular weight excluding hydrogens is 350 g/mol. The number of hydrogen-bond acceptors (Lipinski definition) is 6. The van der Waals surface area contributed by atoms with Crippen molar-refractivity contribution in [2.45, 2.75) is 37.1 Å². The van der Waals surface area contributed by atoms with Crippen molar-refractivity contribution in [3.8, 4) is 5.69 Å². The molecule has 0 unspecified atom stereocenters. The topological polar surface area (TPSA) is 86.7 Å². The van der Waals surface area contributed by atoms with Gasteiger partial charge in [-0.2, -0.15) is 4.68 Å². The van der Waals surface area contributed by atoms with Crippen LogP contribution in [0.2, 0.25) is 0 Å². The van der Waals surface area contributed by atoms with Crippen LogP contribution >= 0.6 is 11.8 Å². The van der Waals surface area contributed by atoms with E-state index in [9.17, 15) is 10.1 Å². The van der Waals surface area contributed by atoms with E-state index in [-0.39, 0.29) is 15.9 Å². The Kier molecular flexibility index (Phi) is 5.32. The van der Waals surface area contributed by atoms with Gasteiger partial charge in [0.15, 0.2) is 0 Å². The highest BCUT2D eigenvalue weighted by atomic mass is 32.2. The fourth-order valence-corrected chi connectivity index (χ4v) is 3.46. The van der Waals surface area contributed by atoms with Gasteiger partial charge in [-0.15, -0.1) is 5.10 Å². The highest BCUT2D eigenvalue weighted by Gasteiger charge is 2.17. The summed E-state index contributed by atoms with van der Waals surface area (Å²) in [5.74, 6) is 0.459. The van der Waals surface area contributed by atoms with E-state index in [0.29, 0.717) is 11.1 Å². The molecule has 1 heterocycles. The van der Waals surface area contributed by atoms with E-state index in [1.807, 2.05) is 25.1 Å². The second-order valence-electron chi connectivity index (χ2n) is 6.23. The second-order valence-corrected chi connectivity index (χ2v) is 7.54. The molecule has 8 heteroatoms. The third-order valence-corrected chi connectivity index (χ3v) is 5.17. The van der Waals surface area contributed by atoms with Crippen molar-refractivity contribution in [2.24, 2.45) is 0 Å². The summed E-state index contributed by atoms with van der Waals surface area (Å²) in [5, 5.41) is 23.5. The SMILES string of the molecule is CC(C)c1ccc(-n2nnnc2S[C@@H](C)c2cccc([N+](=O)[O-])c2)cc1. The van der Waals surface area contributed by atoms with Crippen LogP contribution in [0.15, 0.2) is 53.7 Å². The third kappa shape index (κ3) is 3.91. The minimum atomic E-state index is -0.388. The van der Waals surface area contributed by atoms with Crippen LogP contribution in [0.4, 0.5) is 5.69 Å². The summed E-state index contributed by atoms with van der Waals surface area (Å²) in [6.45, 7) is 6.27. The molecule has 3 aromatic rings. The molecule has 1 aromatic heterocycles. The molecule has 0 radical (unpaired) electrons.